The van der Waals surface area contributed by atoms with Gasteiger partial charge in [-0.05, 0) is 49.7 Å². The monoisotopic (exact) mass is 783 g/mol. The molecule has 0 aromatic heterocycles. The van der Waals surface area contributed by atoms with Crippen LogP contribution in [0.25, 0.3) is 0 Å². The maximum absolute atomic E-state index is 14.1. The van der Waals surface area contributed by atoms with Gasteiger partial charge in [0.15, 0.2) is 5.78 Å². The van der Waals surface area contributed by atoms with Crippen LogP contribution in [-0.2, 0) is 46.3 Å². The van der Waals surface area contributed by atoms with Crippen LogP contribution in [0.1, 0.15) is 58.1 Å². The SMILES string of the molecule is CC(C)C[C@H](NC(=O)[C@H](Cc1ccccc1)NC(=O)[C@H](CC(C)Br)NC(=O)[C@H](CCc1ccccc1)NC(=O)CN1CCOCC1)C(=O)[C@@]1(C)CO1. The van der Waals surface area contributed by atoms with E-state index in [0.717, 1.165) is 11.1 Å². The zero-order valence-electron chi connectivity index (χ0n) is 30.7. The Morgan fingerprint density at radius 1 is 0.750 bits per heavy atom. The lowest BCUT2D eigenvalue weighted by atomic mass is 9.93. The Bertz CT molecular complexity index is 1480. The van der Waals surface area contributed by atoms with Crippen molar-refractivity contribution in [3.05, 3.63) is 71.8 Å². The van der Waals surface area contributed by atoms with Gasteiger partial charge in [-0.15, -0.1) is 0 Å². The number of amides is 4. The first-order valence-electron chi connectivity index (χ1n) is 18.2. The number of aryl methyl sites for hydroxylation is 1. The molecule has 2 saturated heterocycles. The van der Waals surface area contributed by atoms with E-state index < -0.39 is 47.5 Å². The van der Waals surface area contributed by atoms with Crippen molar-refractivity contribution >= 4 is 45.3 Å². The van der Waals surface area contributed by atoms with Crippen molar-refractivity contribution in [3.63, 3.8) is 0 Å². The number of benzene rings is 2. The van der Waals surface area contributed by atoms with Crippen LogP contribution < -0.4 is 21.3 Å². The minimum Gasteiger partial charge on any atom is -0.379 e. The molecule has 4 N–H and O–H groups in total. The van der Waals surface area contributed by atoms with E-state index in [1.54, 1.807) is 6.92 Å². The molecule has 0 aliphatic carbocycles. The van der Waals surface area contributed by atoms with Gasteiger partial charge in [0.1, 0.15) is 23.7 Å². The summed E-state index contributed by atoms with van der Waals surface area (Å²) in [6.07, 6.45) is 1.64. The second kappa shape index (κ2) is 20.0. The summed E-state index contributed by atoms with van der Waals surface area (Å²) in [5.74, 6) is -1.93. The first-order valence-corrected chi connectivity index (χ1v) is 19.1. The highest BCUT2D eigenvalue weighted by Gasteiger charge is 2.50. The highest BCUT2D eigenvalue weighted by molar-refractivity contribution is 9.09. The molecule has 6 atom stereocenters. The van der Waals surface area contributed by atoms with Crippen LogP contribution in [0.5, 0.6) is 0 Å². The van der Waals surface area contributed by atoms with Gasteiger partial charge in [-0.3, -0.25) is 28.9 Å². The number of hydrogen-bond acceptors (Lipinski definition) is 8. The summed E-state index contributed by atoms with van der Waals surface area (Å²) in [6.45, 7) is 10.3. The molecule has 2 aromatic carbocycles. The molecule has 12 nitrogen and oxygen atoms in total. The molecule has 0 saturated carbocycles. The van der Waals surface area contributed by atoms with E-state index in [4.69, 9.17) is 9.47 Å². The standard InChI is InChI=1S/C39H54BrN5O7/c1-26(2)21-31(35(47)39(4)25-52-39)42-38(50)33(23-29-13-9-6-10-14-29)44-37(49)32(22-27(3)40)43-36(48)30(16-15-28-11-7-5-8-12-28)41-34(46)24-45-17-19-51-20-18-45/h5-14,26-27,30-33H,15-25H2,1-4H3,(H,41,46)(H,42,50)(H,43,48)(H,44,49)/t27?,30-,31-,32-,33-,39+/m0/s1. The highest BCUT2D eigenvalue weighted by atomic mass is 79.9. The van der Waals surface area contributed by atoms with Crippen molar-refractivity contribution in [2.45, 2.75) is 94.4 Å². The highest BCUT2D eigenvalue weighted by Crippen LogP contribution is 2.29. The molecule has 2 aliphatic rings. The van der Waals surface area contributed by atoms with Gasteiger partial charge in [0.25, 0.3) is 0 Å². The summed E-state index contributed by atoms with van der Waals surface area (Å²) >= 11 is 3.53. The maximum Gasteiger partial charge on any atom is 0.243 e. The number of halogens is 1. The molecular weight excluding hydrogens is 730 g/mol. The predicted octanol–water partition coefficient (Wildman–Crippen LogP) is 2.71. The molecule has 284 valence electrons. The minimum atomic E-state index is -1.04. The van der Waals surface area contributed by atoms with Crippen molar-refractivity contribution in [2.24, 2.45) is 5.92 Å². The lowest BCUT2D eigenvalue weighted by molar-refractivity contribution is -0.135. The van der Waals surface area contributed by atoms with E-state index in [1.165, 1.54) is 0 Å². The summed E-state index contributed by atoms with van der Waals surface area (Å²) in [5.41, 5.74) is 0.893. The Morgan fingerprint density at radius 2 is 1.29 bits per heavy atom. The average molecular weight is 785 g/mol. The number of carbonyl (C=O) groups excluding carboxylic acids is 5. The van der Waals surface area contributed by atoms with Crippen LogP contribution in [0.3, 0.4) is 0 Å². The van der Waals surface area contributed by atoms with E-state index in [-0.39, 0.29) is 41.8 Å². The number of ketones is 1. The summed E-state index contributed by atoms with van der Waals surface area (Å²) in [7, 11) is 0. The molecule has 13 heteroatoms. The molecular formula is C39H54BrN5O7. The molecule has 2 aromatic rings. The molecule has 2 fully saturated rings. The third-order valence-corrected chi connectivity index (χ3v) is 9.61. The molecule has 2 aliphatic heterocycles. The zero-order chi connectivity index (χ0) is 37.7. The third kappa shape index (κ3) is 13.4. The maximum atomic E-state index is 14.1. The van der Waals surface area contributed by atoms with Crippen LogP contribution >= 0.6 is 15.9 Å². The number of rotatable bonds is 20. The fourth-order valence-corrected chi connectivity index (χ4v) is 6.55. The van der Waals surface area contributed by atoms with Gasteiger partial charge in [0.2, 0.25) is 23.6 Å². The number of carbonyl (C=O) groups is 5. The molecule has 0 radical (unpaired) electrons. The van der Waals surface area contributed by atoms with Crippen molar-refractivity contribution in [1.29, 1.82) is 0 Å². The predicted molar refractivity (Wildman–Crippen MR) is 202 cm³/mol. The van der Waals surface area contributed by atoms with Crippen LogP contribution in [0.4, 0.5) is 0 Å². The number of alkyl halides is 1. The summed E-state index contributed by atoms with van der Waals surface area (Å²) in [4.78, 5) is 70.2. The quantitative estimate of drug-likeness (QED) is 0.118. The van der Waals surface area contributed by atoms with Gasteiger partial charge in [0.05, 0.1) is 32.4 Å². The van der Waals surface area contributed by atoms with Crippen molar-refractivity contribution in [3.8, 4) is 0 Å². The Labute approximate surface area is 315 Å². The second-order valence-electron chi connectivity index (χ2n) is 14.4. The van der Waals surface area contributed by atoms with E-state index in [1.807, 2.05) is 86.3 Å². The van der Waals surface area contributed by atoms with E-state index in [2.05, 4.69) is 37.2 Å². The normalized spacial score (nSPS) is 20.1. The van der Waals surface area contributed by atoms with Crippen LogP contribution in [0.15, 0.2) is 60.7 Å². The summed E-state index contributed by atoms with van der Waals surface area (Å²) in [6, 6.07) is 15.2. The Hall–Kier alpha value is -3.65. The minimum absolute atomic E-state index is 0.114. The topological polar surface area (TPSA) is 158 Å². The number of morpholine rings is 1. The van der Waals surface area contributed by atoms with Gasteiger partial charge < -0.3 is 30.7 Å². The smallest absolute Gasteiger partial charge is 0.243 e. The average Bonchev–Trinajstić information content (AvgIpc) is 3.87. The number of ether oxygens (including phenoxy) is 2. The van der Waals surface area contributed by atoms with E-state index >= 15 is 0 Å². The van der Waals surface area contributed by atoms with E-state index in [9.17, 15) is 24.0 Å². The van der Waals surface area contributed by atoms with Gasteiger partial charge in [-0.2, -0.15) is 0 Å². The lowest BCUT2D eigenvalue weighted by Gasteiger charge is -2.29. The number of Topliss-reactive ketones (excluding diaryl/α,β-unsaturated/α-hetero) is 1. The number of epoxide rings is 1. The first kappa shape index (κ1) is 41.1. The Morgan fingerprint density at radius 3 is 1.87 bits per heavy atom. The number of hydrogen-bond donors (Lipinski definition) is 4. The van der Waals surface area contributed by atoms with Gasteiger partial charge >= 0.3 is 0 Å². The van der Waals surface area contributed by atoms with Gasteiger partial charge in [-0.25, -0.2) is 0 Å². The number of nitrogens with zero attached hydrogens (tertiary/aromatic N) is 1. The zero-order valence-corrected chi connectivity index (χ0v) is 32.3. The van der Waals surface area contributed by atoms with Crippen molar-refractivity contribution in [1.82, 2.24) is 26.2 Å². The summed E-state index contributed by atoms with van der Waals surface area (Å²) < 4.78 is 10.8. The molecule has 0 spiro atoms. The van der Waals surface area contributed by atoms with Gasteiger partial charge in [-0.1, -0.05) is 97.4 Å². The second-order valence-corrected chi connectivity index (χ2v) is 16.0. The molecule has 4 rings (SSSR count). The van der Waals surface area contributed by atoms with Crippen LogP contribution in [-0.4, -0.2) is 108 Å². The fraction of sp³-hybridized carbons (Fsp3) is 0.564. The van der Waals surface area contributed by atoms with E-state index in [0.29, 0.717) is 52.2 Å². The lowest BCUT2D eigenvalue weighted by Crippen LogP contribution is -2.59. The van der Waals surface area contributed by atoms with Gasteiger partial charge in [0, 0.05) is 24.3 Å². The van der Waals surface area contributed by atoms with Crippen molar-refractivity contribution in [2.75, 3.05) is 39.5 Å². The van der Waals surface area contributed by atoms with Crippen LogP contribution in [0.2, 0.25) is 0 Å². The molecule has 2 heterocycles. The van der Waals surface area contributed by atoms with Crippen molar-refractivity contribution < 1.29 is 33.4 Å². The molecule has 52 heavy (non-hydrogen) atoms. The molecule has 1 unspecified atom stereocenters. The summed E-state index contributed by atoms with van der Waals surface area (Å²) in [5, 5.41) is 11.6. The van der Waals surface area contributed by atoms with Crippen LogP contribution in [0, 0.1) is 5.92 Å². The number of nitrogens with one attached hydrogen (secondary N) is 4. The molecule has 4 amide bonds. The Balaban J connectivity index is 1.51. The largest absolute Gasteiger partial charge is 0.379 e. The fourth-order valence-electron chi connectivity index (χ4n) is 6.18. The Kier molecular flexibility index (Phi) is 15.8. The first-order chi connectivity index (χ1) is 24.8. The molecule has 0 bridgehead atoms. The third-order valence-electron chi connectivity index (χ3n) is 9.23.